The lowest BCUT2D eigenvalue weighted by Gasteiger charge is -2.25. The summed E-state index contributed by atoms with van der Waals surface area (Å²) in [5.41, 5.74) is 12.5. The van der Waals surface area contributed by atoms with Gasteiger partial charge in [0.15, 0.2) is 0 Å². The van der Waals surface area contributed by atoms with Crippen LogP contribution in [-0.2, 0) is 0 Å². The van der Waals surface area contributed by atoms with E-state index >= 15 is 0 Å². The van der Waals surface area contributed by atoms with Gasteiger partial charge in [0.05, 0.1) is 0 Å². The van der Waals surface area contributed by atoms with Gasteiger partial charge >= 0.3 is 0 Å². The Morgan fingerprint density at radius 3 is 1.39 bits per heavy atom. The second-order valence-corrected chi connectivity index (χ2v) is 8.49. The number of nitrogens with two attached hydrogens (primary N) is 1. The summed E-state index contributed by atoms with van der Waals surface area (Å²) in [5.74, 6) is 0. The van der Waals surface area contributed by atoms with Crippen LogP contribution in [0.2, 0.25) is 0 Å². The van der Waals surface area contributed by atoms with Crippen LogP contribution in [0.3, 0.4) is 0 Å². The molecule has 0 aromatic heterocycles. The molecule has 174 valence electrons. The number of para-hydroxylation sites is 2. The van der Waals surface area contributed by atoms with Crippen molar-refractivity contribution in [3.63, 3.8) is 0 Å². The first-order valence-corrected chi connectivity index (χ1v) is 12.1. The molecule has 36 heavy (non-hydrogen) atoms. The molecule has 0 saturated carbocycles. The Morgan fingerprint density at radius 2 is 0.806 bits per heavy atom. The normalized spacial score (nSPS) is 10.3. The van der Waals surface area contributed by atoms with Gasteiger partial charge in [0.2, 0.25) is 0 Å². The molecule has 6 aromatic rings. The van der Waals surface area contributed by atoms with Crippen LogP contribution in [0.5, 0.6) is 0 Å². The Kier molecular flexibility index (Phi) is 7.06. The number of nitrogen functional groups attached to an aromatic ring is 1. The minimum atomic E-state index is 0.850. The van der Waals surface area contributed by atoms with Gasteiger partial charge in [-0.05, 0) is 59.0 Å². The molecule has 0 aliphatic heterocycles. The lowest BCUT2D eigenvalue weighted by molar-refractivity contribution is 1.28. The SMILES string of the molecule is Nc1cccc2ccccc12.c1ccc(-c2ccc(N(c3ccccc3)c3ccccc3)cc2)cc1. The van der Waals surface area contributed by atoms with E-state index in [1.807, 2.05) is 48.5 Å². The van der Waals surface area contributed by atoms with Crippen LogP contribution in [-0.4, -0.2) is 0 Å². The fraction of sp³-hybridized carbons (Fsp3) is 0. The summed E-state index contributed by atoms with van der Waals surface area (Å²) in [6, 6.07) is 54.2. The number of nitrogens with zero attached hydrogens (tertiary/aromatic N) is 1. The molecule has 2 N–H and O–H groups in total. The fourth-order valence-electron chi connectivity index (χ4n) is 4.29. The van der Waals surface area contributed by atoms with Crippen LogP contribution in [0, 0.1) is 0 Å². The van der Waals surface area contributed by atoms with Crippen LogP contribution in [0.4, 0.5) is 22.7 Å². The first kappa shape index (κ1) is 22.9. The first-order chi connectivity index (χ1) is 17.8. The van der Waals surface area contributed by atoms with Crippen molar-refractivity contribution in [1.29, 1.82) is 0 Å². The Balaban J connectivity index is 0.000000202. The van der Waals surface area contributed by atoms with Gasteiger partial charge in [0.1, 0.15) is 0 Å². The van der Waals surface area contributed by atoms with Crippen molar-refractivity contribution < 1.29 is 0 Å². The Hall–Kier alpha value is -4.82. The Morgan fingerprint density at radius 1 is 0.361 bits per heavy atom. The zero-order chi connectivity index (χ0) is 24.6. The van der Waals surface area contributed by atoms with Crippen molar-refractivity contribution in [3.8, 4) is 11.1 Å². The zero-order valence-electron chi connectivity index (χ0n) is 20.0. The third-order valence-electron chi connectivity index (χ3n) is 6.08. The van der Waals surface area contributed by atoms with Crippen molar-refractivity contribution in [1.82, 2.24) is 0 Å². The monoisotopic (exact) mass is 464 g/mol. The van der Waals surface area contributed by atoms with Gasteiger partial charge < -0.3 is 10.6 Å². The highest BCUT2D eigenvalue weighted by atomic mass is 15.1. The molecule has 0 aliphatic rings. The second-order valence-electron chi connectivity index (χ2n) is 8.49. The molecule has 0 fully saturated rings. The van der Waals surface area contributed by atoms with E-state index in [4.69, 9.17) is 5.73 Å². The molecule has 0 radical (unpaired) electrons. The van der Waals surface area contributed by atoms with Gasteiger partial charge in [0, 0.05) is 28.1 Å². The number of fused-ring (bicyclic) bond motifs is 1. The molecule has 0 unspecified atom stereocenters. The smallest absolute Gasteiger partial charge is 0.0462 e. The van der Waals surface area contributed by atoms with E-state index in [2.05, 4.69) is 114 Å². The summed E-state index contributed by atoms with van der Waals surface area (Å²) < 4.78 is 0. The third kappa shape index (κ3) is 5.29. The third-order valence-corrected chi connectivity index (χ3v) is 6.08. The quantitative estimate of drug-likeness (QED) is 0.263. The number of anilines is 4. The summed E-state index contributed by atoms with van der Waals surface area (Å²) in [5, 5.41) is 2.34. The van der Waals surface area contributed by atoms with Crippen molar-refractivity contribution in [2.75, 3.05) is 10.6 Å². The van der Waals surface area contributed by atoms with E-state index in [0.717, 1.165) is 28.1 Å². The number of hydrogen-bond donors (Lipinski definition) is 1. The van der Waals surface area contributed by atoms with Crippen LogP contribution in [0.15, 0.2) is 158 Å². The van der Waals surface area contributed by atoms with Crippen LogP contribution < -0.4 is 10.6 Å². The minimum Gasteiger partial charge on any atom is -0.398 e. The summed E-state index contributed by atoms with van der Waals surface area (Å²) in [6.07, 6.45) is 0. The molecule has 0 bridgehead atoms. The summed E-state index contributed by atoms with van der Waals surface area (Å²) in [7, 11) is 0. The van der Waals surface area contributed by atoms with Gasteiger partial charge in [0.25, 0.3) is 0 Å². The van der Waals surface area contributed by atoms with Gasteiger partial charge in [-0.2, -0.15) is 0 Å². The maximum atomic E-state index is 5.76. The van der Waals surface area contributed by atoms with Gasteiger partial charge in [-0.25, -0.2) is 0 Å². The fourth-order valence-corrected chi connectivity index (χ4v) is 4.29. The zero-order valence-corrected chi connectivity index (χ0v) is 20.0. The van der Waals surface area contributed by atoms with E-state index in [0.29, 0.717) is 0 Å². The lowest BCUT2D eigenvalue weighted by atomic mass is 10.0. The number of benzene rings is 6. The Bertz CT molecular complexity index is 1470. The molecule has 0 amide bonds. The van der Waals surface area contributed by atoms with Crippen molar-refractivity contribution in [2.45, 2.75) is 0 Å². The highest BCUT2D eigenvalue weighted by molar-refractivity contribution is 5.92. The first-order valence-electron chi connectivity index (χ1n) is 12.1. The molecule has 0 aliphatic carbocycles. The maximum Gasteiger partial charge on any atom is 0.0462 e. The maximum absolute atomic E-state index is 5.76. The molecule has 2 heteroatoms. The van der Waals surface area contributed by atoms with E-state index in [1.165, 1.54) is 16.5 Å². The molecule has 6 aromatic carbocycles. The van der Waals surface area contributed by atoms with Crippen LogP contribution in [0.1, 0.15) is 0 Å². The van der Waals surface area contributed by atoms with Crippen molar-refractivity contribution >= 4 is 33.5 Å². The summed E-state index contributed by atoms with van der Waals surface area (Å²) >= 11 is 0. The van der Waals surface area contributed by atoms with Crippen LogP contribution in [0.25, 0.3) is 21.9 Å². The Labute approximate surface area is 212 Å². The van der Waals surface area contributed by atoms with E-state index in [1.54, 1.807) is 0 Å². The average molecular weight is 465 g/mol. The lowest BCUT2D eigenvalue weighted by Crippen LogP contribution is -2.09. The second kappa shape index (κ2) is 11.1. The predicted octanol–water partition coefficient (Wildman–Crippen LogP) is 9.25. The van der Waals surface area contributed by atoms with E-state index < -0.39 is 0 Å². The van der Waals surface area contributed by atoms with Gasteiger partial charge in [-0.15, -0.1) is 0 Å². The number of rotatable bonds is 4. The van der Waals surface area contributed by atoms with Crippen molar-refractivity contribution in [3.05, 3.63) is 158 Å². The molecule has 2 nitrogen and oxygen atoms in total. The van der Waals surface area contributed by atoms with Gasteiger partial charge in [-0.3, -0.25) is 0 Å². The van der Waals surface area contributed by atoms with E-state index in [9.17, 15) is 0 Å². The highest BCUT2D eigenvalue weighted by Gasteiger charge is 2.11. The molecule has 0 saturated heterocycles. The molecule has 6 rings (SSSR count). The predicted molar refractivity (Wildman–Crippen MR) is 155 cm³/mol. The minimum absolute atomic E-state index is 0.850. The summed E-state index contributed by atoms with van der Waals surface area (Å²) in [6.45, 7) is 0. The van der Waals surface area contributed by atoms with Crippen LogP contribution >= 0.6 is 0 Å². The van der Waals surface area contributed by atoms with Crippen molar-refractivity contribution in [2.24, 2.45) is 0 Å². The highest BCUT2D eigenvalue weighted by Crippen LogP contribution is 2.35. The van der Waals surface area contributed by atoms with Gasteiger partial charge in [-0.1, -0.05) is 115 Å². The molecule has 0 atom stereocenters. The summed E-state index contributed by atoms with van der Waals surface area (Å²) in [4.78, 5) is 2.27. The molecular weight excluding hydrogens is 436 g/mol. The topological polar surface area (TPSA) is 29.3 Å². The molecule has 0 heterocycles. The molecule has 0 spiro atoms. The average Bonchev–Trinajstić information content (AvgIpc) is 2.96. The standard InChI is InChI=1S/C24H19N.C10H9N/c1-4-10-20(11-5-1)21-16-18-24(19-17-21)25(22-12-6-2-7-13-22)23-14-8-3-9-15-23;11-10-7-3-5-8-4-1-2-6-9(8)10/h1-19H;1-7H,11H2. The largest absolute Gasteiger partial charge is 0.398 e. The van der Waals surface area contributed by atoms with E-state index in [-0.39, 0.29) is 0 Å². The molecular formula is C34H28N2. The number of hydrogen-bond acceptors (Lipinski definition) is 2.